The van der Waals surface area contributed by atoms with Gasteiger partial charge in [-0.25, -0.2) is 40.2 Å². The predicted octanol–water partition coefficient (Wildman–Crippen LogP) is 18.0. The van der Waals surface area contributed by atoms with Gasteiger partial charge in [0.15, 0.2) is 0 Å². The van der Waals surface area contributed by atoms with Crippen molar-refractivity contribution in [2.75, 3.05) is 125 Å². The number of amides is 6. The Kier molecular flexibility index (Phi) is 34.8. The SMILES string of the molecule is CCCC[C@@H](CC)C1(O)CCN(C(=O)OC(C)(C)C)CC1.CCCC[C@H]1CN(C2CCOCC2)C(=O)OC12CCCCC2.CCCC[C@H]1CN(C2CCOCC2)C(=O)OC12CCN(C1(C)CCN(C(=O)OC(C)(C)C)CC1)CC2.[C-]#[N+]C1(N2CCC3(CC2)OC(=O)N(C2CCOCC2)C[C@@H]3CCCC)CCN(C(=O)OC(C)(C)C)CC1. The molecule has 11 aliphatic heterocycles. The molecule has 3 spiro atoms. The smallest absolute Gasteiger partial charge is 0.410 e. The Morgan fingerprint density at radius 1 is 0.440 bits per heavy atom. The van der Waals surface area contributed by atoms with Crippen molar-refractivity contribution >= 4 is 36.6 Å². The number of carbonyl (C=O) groups is 6. The first-order valence-electron chi connectivity index (χ1n) is 46.4. The number of nitrogens with zero attached hydrogens (tertiary/aromatic N) is 9. The summed E-state index contributed by atoms with van der Waals surface area (Å²) < 4.78 is 51.9. The Morgan fingerprint density at radius 3 is 1.06 bits per heavy atom. The topological polar surface area (TPSA) is 236 Å². The Hall–Kier alpha value is -5.13. The van der Waals surface area contributed by atoms with Crippen molar-refractivity contribution in [3.8, 4) is 0 Å². The fraction of sp³-hybridized carbons (Fsp3) is 0.923. The van der Waals surface area contributed by atoms with Crippen LogP contribution >= 0.6 is 0 Å². The Balaban J connectivity index is 0.000000182. The second-order valence-electron chi connectivity index (χ2n) is 39.7. The first kappa shape index (κ1) is 94.7. The number of rotatable bonds is 19. The minimum Gasteiger partial charge on any atom is -0.444 e. The van der Waals surface area contributed by atoms with Crippen LogP contribution in [0.4, 0.5) is 28.8 Å². The van der Waals surface area contributed by atoms with Gasteiger partial charge in [-0.3, -0.25) is 9.74 Å². The average molecular weight is 1640 g/mol. The summed E-state index contributed by atoms with van der Waals surface area (Å²) in [4.78, 5) is 96.6. The zero-order valence-electron chi connectivity index (χ0n) is 75.1. The lowest BCUT2D eigenvalue weighted by molar-refractivity contribution is -0.142. The van der Waals surface area contributed by atoms with E-state index in [4.69, 9.17) is 49.2 Å². The van der Waals surface area contributed by atoms with E-state index in [1.165, 1.54) is 44.9 Å². The number of carbonyl (C=O) groups excluding carboxylic acids is 6. The second kappa shape index (κ2) is 42.6. The molecule has 6 amide bonds. The lowest BCUT2D eigenvalue weighted by Gasteiger charge is -2.55. The van der Waals surface area contributed by atoms with Crippen LogP contribution < -0.4 is 0 Å². The van der Waals surface area contributed by atoms with Crippen molar-refractivity contribution in [2.45, 2.75) is 391 Å². The van der Waals surface area contributed by atoms with Gasteiger partial charge in [0.05, 0.1) is 18.4 Å². The monoisotopic (exact) mass is 1630 g/mol. The maximum Gasteiger partial charge on any atom is 0.410 e. The van der Waals surface area contributed by atoms with Gasteiger partial charge in [-0.2, -0.15) is 0 Å². The first-order valence-corrected chi connectivity index (χ1v) is 46.4. The van der Waals surface area contributed by atoms with Crippen molar-refractivity contribution in [3.05, 3.63) is 11.4 Å². The van der Waals surface area contributed by atoms with Crippen molar-refractivity contribution in [1.29, 1.82) is 0 Å². The lowest BCUT2D eigenvalue weighted by Crippen LogP contribution is -2.64. The third-order valence-electron chi connectivity index (χ3n) is 28.3. The first-order chi connectivity index (χ1) is 55.1. The van der Waals surface area contributed by atoms with Gasteiger partial charge in [0.2, 0.25) is 0 Å². The summed E-state index contributed by atoms with van der Waals surface area (Å²) in [5, 5.41) is 10.9. The van der Waals surface area contributed by atoms with Gasteiger partial charge in [0.25, 0.3) is 5.66 Å². The van der Waals surface area contributed by atoms with E-state index >= 15 is 0 Å². The van der Waals surface area contributed by atoms with E-state index < -0.39 is 33.7 Å². The molecule has 0 aromatic heterocycles. The van der Waals surface area contributed by atoms with Crippen molar-refractivity contribution in [3.63, 3.8) is 0 Å². The van der Waals surface area contributed by atoms with Gasteiger partial charge in [-0.1, -0.05) is 98.8 Å². The number of hydrogen-bond acceptors (Lipinski definition) is 18. The van der Waals surface area contributed by atoms with Crippen LogP contribution in [0.25, 0.3) is 4.85 Å². The summed E-state index contributed by atoms with van der Waals surface area (Å²) in [6.07, 6.45) is 32.9. The lowest BCUT2D eigenvalue weighted by atomic mass is 9.72. The highest BCUT2D eigenvalue weighted by molar-refractivity contribution is 5.72. The molecule has 12 rings (SSSR count). The molecule has 0 aromatic rings. The summed E-state index contributed by atoms with van der Waals surface area (Å²) >= 11 is 0. The highest BCUT2D eigenvalue weighted by Crippen LogP contribution is 2.49. The van der Waals surface area contributed by atoms with E-state index in [1.807, 2.05) is 81.9 Å². The van der Waals surface area contributed by atoms with Gasteiger partial charge in [-0.05, 0) is 191 Å². The standard InChI is InChI=1S/C28H46N4O5.C28H49N3O5.C18H31NO3.C17H33NO3/c1-6-7-8-22-21-32(23-9-19-35-20-10-23)25(34)37-27(22)11-17-31(18-12-27)28(29-5)13-15-30(16-14-28)24(33)36-26(2,3)4;1-6-7-8-22-21-31(23-9-19-34-20-10-23)25(33)36-28(22)13-17-30(18-14-28)27(5)11-15-29(16-12-27)24(32)35-26(2,3)4;1-2-3-7-15-14-19(16-8-12-21-13-9-16)17(20)22-18(15)10-5-4-6-11-18;1-6-8-9-14(7-2)17(20)10-12-18(13-11-17)15(19)21-16(3,4)5/h22-23H,6-21H2,1-4H3;22-23H,6-21H2,1-5H3;15-16H,2-14H2,1H3;14,20H,6-13H2,1-5H3/t2*22-;15-;14-/m0001/s1. The van der Waals surface area contributed by atoms with E-state index in [-0.39, 0.29) is 65.4 Å². The molecule has 0 aromatic carbocycles. The summed E-state index contributed by atoms with van der Waals surface area (Å²) in [5.74, 6) is 1.57. The zero-order valence-corrected chi connectivity index (χ0v) is 75.1. The molecular weight excluding hydrogens is 1480 g/mol. The summed E-state index contributed by atoms with van der Waals surface area (Å²) in [5.41, 5.74) is -3.53. The molecule has 664 valence electrons. The molecular formula is C91H159N9O16. The van der Waals surface area contributed by atoms with Crippen LogP contribution in [-0.2, 0) is 42.6 Å². The third kappa shape index (κ3) is 25.3. The maximum atomic E-state index is 13.2. The molecule has 116 heavy (non-hydrogen) atoms. The molecule has 12 fully saturated rings. The summed E-state index contributed by atoms with van der Waals surface area (Å²) in [6.45, 7) is 52.4. The highest BCUT2D eigenvalue weighted by atomic mass is 16.6. The molecule has 4 atom stereocenters. The fourth-order valence-electron chi connectivity index (χ4n) is 20.9. The van der Waals surface area contributed by atoms with Gasteiger partial charge in [-0.15, -0.1) is 0 Å². The number of likely N-dealkylation sites (tertiary alicyclic amines) is 5. The summed E-state index contributed by atoms with van der Waals surface area (Å²) in [6, 6.07) is 0.788. The molecule has 0 bridgehead atoms. The van der Waals surface area contributed by atoms with Crippen molar-refractivity contribution < 1.29 is 76.5 Å². The number of unbranched alkanes of at least 4 members (excludes halogenated alkanes) is 4. The Bertz CT molecular complexity index is 3080. The number of aliphatic hydroxyl groups is 1. The zero-order chi connectivity index (χ0) is 84.2. The molecule has 1 N–H and O–H groups in total. The molecule has 1 aliphatic carbocycles. The predicted molar refractivity (Wildman–Crippen MR) is 450 cm³/mol. The van der Waals surface area contributed by atoms with Crippen molar-refractivity contribution in [1.82, 2.24) is 39.2 Å². The van der Waals surface area contributed by atoms with Crippen LogP contribution in [0.2, 0.25) is 0 Å². The quantitative estimate of drug-likeness (QED) is 0.0934. The van der Waals surface area contributed by atoms with Crippen LogP contribution in [0, 0.1) is 30.2 Å². The summed E-state index contributed by atoms with van der Waals surface area (Å²) in [7, 11) is 0. The molecule has 25 heteroatoms. The van der Waals surface area contributed by atoms with Crippen molar-refractivity contribution in [2.24, 2.45) is 23.7 Å². The minimum absolute atomic E-state index is 0.0541. The third-order valence-corrected chi connectivity index (χ3v) is 28.3. The molecule has 1 saturated carbocycles. The minimum atomic E-state index is -0.609. The van der Waals surface area contributed by atoms with Gasteiger partial charge in [0.1, 0.15) is 33.6 Å². The normalized spacial score (nSPS) is 26.5. The maximum absolute atomic E-state index is 13.2. The van der Waals surface area contributed by atoms with Crippen LogP contribution in [0.5, 0.6) is 0 Å². The van der Waals surface area contributed by atoms with E-state index in [0.29, 0.717) is 94.8 Å². The number of piperidine rings is 5. The highest BCUT2D eigenvalue weighted by Gasteiger charge is 2.58. The molecule has 12 aliphatic rings. The van der Waals surface area contributed by atoms with E-state index in [1.54, 1.807) is 9.80 Å². The average Bonchev–Trinajstić information content (AvgIpc) is 0.756. The largest absolute Gasteiger partial charge is 0.444 e. The number of hydrogen-bond donors (Lipinski definition) is 1. The van der Waals surface area contributed by atoms with Crippen LogP contribution in [0.3, 0.4) is 0 Å². The molecule has 25 nitrogen and oxygen atoms in total. The van der Waals surface area contributed by atoms with E-state index in [0.717, 1.165) is 233 Å². The fourth-order valence-corrected chi connectivity index (χ4v) is 20.9. The molecule has 0 unspecified atom stereocenters. The van der Waals surface area contributed by atoms with Crippen LogP contribution in [0.1, 0.15) is 322 Å². The van der Waals surface area contributed by atoms with Gasteiger partial charge in [0, 0.05) is 192 Å². The Morgan fingerprint density at radius 2 is 0.750 bits per heavy atom. The van der Waals surface area contributed by atoms with Crippen LogP contribution in [0.15, 0.2) is 0 Å². The second-order valence-corrected chi connectivity index (χ2v) is 39.7. The Labute approximate surface area is 699 Å². The number of ether oxygens (including phenoxy) is 9. The van der Waals surface area contributed by atoms with Crippen LogP contribution in [-0.4, -0.2) is 274 Å². The molecule has 11 heterocycles. The van der Waals surface area contributed by atoms with Gasteiger partial charge < -0.3 is 77.1 Å². The molecule has 11 saturated heterocycles. The van der Waals surface area contributed by atoms with Gasteiger partial charge >= 0.3 is 36.6 Å². The van der Waals surface area contributed by atoms with E-state index in [2.05, 4.69) is 56.2 Å². The van der Waals surface area contributed by atoms with E-state index in [9.17, 15) is 33.9 Å². The molecule has 0 radical (unpaired) electrons.